The van der Waals surface area contributed by atoms with E-state index < -0.39 is 6.03 Å². The number of rotatable bonds is 7. The van der Waals surface area contributed by atoms with Gasteiger partial charge in [0.05, 0.1) is 5.56 Å². The maximum absolute atomic E-state index is 12.1. The van der Waals surface area contributed by atoms with Crippen molar-refractivity contribution in [2.75, 3.05) is 25.0 Å². The normalized spacial score (nSPS) is 9.90. The van der Waals surface area contributed by atoms with Crippen LogP contribution in [0.15, 0.2) is 18.2 Å². The van der Waals surface area contributed by atoms with Gasteiger partial charge in [0.1, 0.15) is 0 Å². The molecule has 3 amide bonds. The Hall–Kier alpha value is -2.24. The maximum atomic E-state index is 12.1. The van der Waals surface area contributed by atoms with Crippen molar-refractivity contribution >= 4 is 17.6 Å². The summed E-state index contributed by atoms with van der Waals surface area (Å²) in [6.45, 7) is 5.51. The van der Waals surface area contributed by atoms with E-state index in [9.17, 15) is 9.59 Å². The molecule has 0 saturated carbocycles. The summed E-state index contributed by atoms with van der Waals surface area (Å²) in [6, 6.07) is 5.05. The number of hydrogen-bond acceptors (Lipinski definition) is 3. The average Bonchev–Trinajstić information content (AvgIpc) is 2.41. The van der Waals surface area contributed by atoms with E-state index >= 15 is 0 Å². The van der Waals surface area contributed by atoms with Crippen LogP contribution < -0.4 is 21.7 Å². The number of urea groups is 1. The van der Waals surface area contributed by atoms with Crippen molar-refractivity contribution in [3.63, 3.8) is 0 Å². The minimum atomic E-state index is -0.597. The zero-order valence-electron chi connectivity index (χ0n) is 12.0. The number of primary amides is 1. The summed E-state index contributed by atoms with van der Waals surface area (Å²) in [5.41, 5.74) is 7.46. The Labute approximate surface area is 119 Å². The summed E-state index contributed by atoms with van der Waals surface area (Å²) >= 11 is 0. The number of amides is 3. The second kappa shape index (κ2) is 8.04. The molecule has 0 fully saturated rings. The van der Waals surface area contributed by atoms with E-state index in [0.717, 1.165) is 24.2 Å². The molecule has 5 N–H and O–H groups in total. The standard InChI is InChI=1S/C14H22N4O2/c1-3-6-16-12-9-10(2)4-5-11(12)13(19)17-7-8-18-14(15)20/h4-5,9,16H,3,6-8H2,1-2H3,(H,17,19)(H3,15,18,20). The molecule has 0 unspecified atom stereocenters. The quantitative estimate of drug-likeness (QED) is 0.564. The number of aryl methyl sites for hydroxylation is 1. The number of benzene rings is 1. The molecule has 1 rings (SSSR count). The van der Waals surface area contributed by atoms with Crippen molar-refractivity contribution in [1.82, 2.24) is 10.6 Å². The Bertz CT molecular complexity index is 474. The number of nitrogens with two attached hydrogens (primary N) is 1. The van der Waals surface area contributed by atoms with Gasteiger partial charge in [0.15, 0.2) is 0 Å². The van der Waals surface area contributed by atoms with Crippen LogP contribution in [0.4, 0.5) is 10.5 Å². The van der Waals surface area contributed by atoms with Gasteiger partial charge in [-0.25, -0.2) is 4.79 Å². The highest BCUT2D eigenvalue weighted by molar-refractivity contribution is 5.99. The Morgan fingerprint density at radius 1 is 1.15 bits per heavy atom. The van der Waals surface area contributed by atoms with Gasteiger partial charge in [0.25, 0.3) is 5.91 Å². The fourth-order valence-corrected chi connectivity index (χ4v) is 1.72. The molecule has 0 heterocycles. The molecule has 0 saturated heterocycles. The number of anilines is 1. The van der Waals surface area contributed by atoms with Gasteiger partial charge in [-0.3, -0.25) is 4.79 Å². The number of nitrogens with one attached hydrogen (secondary N) is 3. The third-order valence-corrected chi connectivity index (χ3v) is 2.69. The van der Waals surface area contributed by atoms with Crippen LogP contribution in [0.25, 0.3) is 0 Å². The molecule has 110 valence electrons. The SMILES string of the molecule is CCCNc1cc(C)ccc1C(=O)NCCNC(N)=O. The zero-order chi connectivity index (χ0) is 15.0. The molecule has 6 heteroatoms. The number of carbonyl (C=O) groups is 2. The van der Waals surface area contributed by atoms with E-state index in [2.05, 4.69) is 22.9 Å². The monoisotopic (exact) mass is 278 g/mol. The van der Waals surface area contributed by atoms with E-state index in [1.807, 2.05) is 19.1 Å². The number of hydrogen-bond donors (Lipinski definition) is 4. The molecule has 0 radical (unpaired) electrons. The Morgan fingerprint density at radius 2 is 1.85 bits per heavy atom. The Morgan fingerprint density at radius 3 is 2.50 bits per heavy atom. The molecule has 0 aliphatic heterocycles. The van der Waals surface area contributed by atoms with Crippen molar-refractivity contribution in [3.05, 3.63) is 29.3 Å². The largest absolute Gasteiger partial charge is 0.384 e. The molecule has 20 heavy (non-hydrogen) atoms. The lowest BCUT2D eigenvalue weighted by atomic mass is 10.1. The molecule has 1 aromatic rings. The molecule has 0 aliphatic rings. The Balaban J connectivity index is 2.63. The fourth-order valence-electron chi connectivity index (χ4n) is 1.72. The van der Waals surface area contributed by atoms with Crippen molar-refractivity contribution in [3.8, 4) is 0 Å². The highest BCUT2D eigenvalue weighted by atomic mass is 16.2. The second-order valence-electron chi connectivity index (χ2n) is 4.52. The first-order valence-electron chi connectivity index (χ1n) is 6.70. The zero-order valence-corrected chi connectivity index (χ0v) is 12.0. The van der Waals surface area contributed by atoms with Crippen LogP contribution in [-0.2, 0) is 0 Å². The van der Waals surface area contributed by atoms with Gasteiger partial charge in [0, 0.05) is 25.3 Å². The minimum absolute atomic E-state index is 0.171. The van der Waals surface area contributed by atoms with Crippen LogP contribution in [-0.4, -0.2) is 31.6 Å². The van der Waals surface area contributed by atoms with Gasteiger partial charge in [-0.1, -0.05) is 13.0 Å². The molecule has 6 nitrogen and oxygen atoms in total. The summed E-state index contributed by atoms with van der Waals surface area (Å²) in [6.07, 6.45) is 0.984. The van der Waals surface area contributed by atoms with E-state index in [1.54, 1.807) is 6.07 Å². The molecule has 0 aromatic heterocycles. The average molecular weight is 278 g/mol. The first kappa shape index (κ1) is 15.8. The first-order valence-corrected chi connectivity index (χ1v) is 6.70. The molecule has 0 atom stereocenters. The van der Waals surface area contributed by atoms with E-state index in [0.29, 0.717) is 18.7 Å². The molecular weight excluding hydrogens is 256 g/mol. The van der Waals surface area contributed by atoms with Crippen LogP contribution >= 0.6 is 0 Å². The van der Waals surface area contributed by atoms with Crippen molar-refractivity contribution in [2.45, 2.75) is 20.3 Å². The summed E-state index contributed by atoms with van der Waals surface area (Å²) in [4.78, 5) is 22.6. The van der Waals surface area contributed by atoms with E-state index in [-0.39, 0.29) is 5.91 Å². The topological polar surface area (TPSA) is 96.2 Å². The van der Waals surface area contributed by atoms with Crippen LogP contribution in [0.1, 0.15) is 29.3 Å². The fraction of sp³-hybridized carbons (Fsp3) is 0.429. The summed E-state index contributed by atoms with van der Waals surface area (Å²) in [5.74, 6) is -0.171. The maximum Gasteiger partial charge on any atom is 0.312 e. The predicted octanol–water partition coefficient (Wildman–Crippen LogP) is 1.22. The molecule has 0 bridgehead atoms. The highest BCUT2D eigenvalue weighted by Gasteiger charge is 2.10. The van der Waals surface area contributed by atoms with Crippen molar-refractivity contribution in [1.29, 1.82) is 0 Å². The Kier molecular flexibility index (Phi) is 6.36. The number of carbonyl (C=O) groups excluding carboxylic acids is 2. The van der Waals surface area contributed by atoms with Crippen LogP contribution in [0.5, 0.6) is 0 Å². The lowest BCUT2D eigenvalue weighted by Gasteiger charge is -2.12. The first-order chi connectivity index (χ1) is 9.54. The smallest absolute Gasteiger partial charge is 0.312 e. The van der Waals surface area contributed by atoms with Gasteiger partial charge in [0.2, 0.25) is 0 Å². The molecule has 0 aliphatic carbocycles. The van der Waals surface area contributed by atoms with Crippen LogP contribution in [0.2, 0.25) is 0 Å². The van der Waals surface area contributed by atoms with Gasteiger partial charge in [-0.2, -0.15) is 0 Å². The lowest BCUT2D eigenvalue weighted by molar-refractivity contribution is 0.0954. The van der Waals surface area contributed by atoms with Crippen molar-refractivity contribution < 1.29 is 9.59 Å². The minimum Gasteiger partial charge on any atom is -0.384 e. The summed E-state index contributed by atoms with van der Waals surface area (Å²) < 4.78 is 0. The summed E-state index contributed by atoms with van der Waals surface area (Å²) in [5, 5.41) is 8.40. The van der Waals surface area contributed by atoms with Crippen LogP contribution in [0.3, 0.4) is 0 Å². The molecule has 0 spiro atoms. The molecular formula is C14H22N4O2. The van der Waals surface area contributed by atoms with Crippen LogP contribution in [0, 0.1) is 6.92 Å². The second-order valence-corrected chi connectivity index (χ2v) is 4.52. The lowest BCUT2D eigenvalue weighted by Crippen LogP contribution is -2.37. The summed E-state index contributed by atoms with van der Waals surface area (Å²) in [7, 11) is 0. The third kappa shape index (κ3) is 5.17. The van der Waals surface area contributed by atoms with E-state index in [1.165, 1.54) is 0 Å². The van der Waals surface area contributed by atoms with Gasteiger partial charge >= 0.3 is 6.03 Å². The van der Waals surface area contributed by atoms with Gasteiger partial charge in [-0.15, -0.1) is 0 Å². The third-order valence-electron chi connectivity index (χ3n) is 2.69. The van der Waals surface area contributed by atoms with Gasteiger partial charge in [-0.05, 0) is 31.0 Å². The predicted molar refractivity (Wildman–Crippen MR) is 79.9 cm³/mol. The highest BCUT2D eigenvalue weighted by Crippen LogP contribution is 2.17. The molecule has 1 aromatic carbocycles. The van der Waals surface area contributed by atoms with Crippen molar-refractivity contribution in [2.24, 2.45) is 5.73 Å². The van der Waals surface area contributed by atoms with E-state index in [4.69, 9.17) is 5.73 Å². The van der Waals surface area contributed by atoms with Gasteiger partial charge < -0.3 is 21.7 Å².